The lowest BCUT2D eigenvalue weighted by atomic mass is 10.1. The Bertz CT molecular complexity index is 855. The Morgan fingerprint density at radius 3 is 2.30 bits per heavy atom. The molecule has 2 aromatic carbocycles. The van der Waals surface area contributed by atoms with Crippen molar-refractivity contribution in [1.29, 1.82) is 0 Å². The summed E-state index contributed by atoms with van der Waals surface area (Å²) in [5, 5.41) is 2.73. The zero-order valence-corrected chi connectivity index (χ0v) is 17.4. The van der Waals surface area contributed by atoms with E-state index in [-0.39, 0.29) is 30.7 Å². The molecule has 1 saturated heterocycles. The number of likely N-dealkylation sites (tertiary alicyclic amines) is 1. The molecule has 0 saturated carbocycles. The Balaban J connectivity index is 1.45. The highest BCUT2D eigenvalue weighted by Crippen LogP contribution is 2.18. The van der Waals surface area contributed by atoms with E-state index in [1.54, 1.807) is 9.80 Å². The monoisotopic (exact) mass is 407 g/mol. The van der Waals surface area contributed by atoms with Gasteiger partial charge in [-0.1, -0.05) is 60.7 Å². The molecule has 158 valence electrons. The average molecular weight is 408 g/mol. The van der Waals surface area contributed by atoms with Gasteiger partial charge in [-0.05, 0) is 24.5 Å². The van der Waals surface area contributed by atoms with Gasteiger partial charge in [-0.2, -0.15) is 0 Å². The predicted octanol–water partition coefficient (Wildman–Crippen LogP) is 2.24. The fourth-order valence-electron chi connectivity index (χ4n) is 3.67. The van der Waals surface area contributed by atoms with Crippen molar-refractivity contribution in [3.05, 3.63) is 71.8 Å². The van der Waals surface area contributed by atoms with Gasteiger partial charge in [0.1, 0.15) is 0 Å². The van der Waals surface area contributed by atoms with E-state index >= 15 is 0 Å². The third-order valence-corrected chi connectivity index (χ3v) is 5.46. The van der Waals surface area contributed by atoms with Gasteiger partial charge in [0.2, 0.25) is 17.7 Å². The molecule has 1 N–H and O–H groups in total. The molecule has 3 rings (SSSR count). The Morgan fingerprint density at radius 1 is 1.03 bits per heavy atom. The number of benzene rings is 2. The first-order valence-corrected chi connectivity index (χ1v) is 10.5. The van der Waals surface area contributed by atoms with Crippen LogP contribution in [0, 0.1) is 5.92 Å². The molecule has 1 unspecified atom stereocenters. The Kier molecular flexibility index (Phi) is 7.60. The Hall–Kier alpha value is -3.15. The van der Waals surface area contributed by atoms with Gasteiger partial charge < -0.3 is 15.1 Å². The number of likely N-dealkylation sites (N-methyl/N-ethyl adjacent to an activating group) is 1. The van der Waals surface area contributed by atoms with Crippen molar-refractivity contribution in [1.82, 2.24) is 15.1 Å². The van der Waals surface area contributed by atoms with E-state index in [0.717, 1.165) is 12.0 Å². The maximum absolute atomic E-state index is 12.5. The van der Waals surface area contributed by atoms with Gasteiger partial charge in [-0.15, -0.1) is 0 Å². The molecule has 0 radical (unpaired) electrons. The summed E-state index contributed by atoms with van der Waals surface area (Å²) in [6.45, 7) is 3.97. The molecule has 6 nitrogen and oxygen atoms in total. The number of hydrogen-bond donors (Lipinski definition) is 1. The van der Waals surface area contributed by atoms with E-state index in [1.807, 2.05) is 67.6 Å². The van der Waals surface area contributed by atoms with Crippen molar-refractivity contribution < 1.29 is 14.4 Å². The van der Waals surface area contributed by atoms with Crippen molar-refractivity contribution >= 4 is 17.7 Å². The van der Waals surface area contributed by atoms with Crippen LogP contribution in [0.15, 0.2) is 60.7 Å². The SMILES string of the molecule is CCN(Cc1ccccc1)C(=O)CNC(=O)C1CC(=O)N(CCc2ccccc2)C1. The number of rotatable bonds is 9. The van der Waals surface area contributed by atoms with Crippen molar-refractivity contribution in [3.63, 3.8) is 0 Å². The molecule has 1 atom stereocenters. The van der Waals surface area contributed by atoms with Crippen molar-refractivity contribution in [2.75, 3.05) is 26.2 Å². The molecule has 1 aliphatic rings. The van der Waals surface area contributed by atoms with Crippen LogP contribution >= 0.6 is 0 Å². The normalized spacial score (nSPS) is 15.8. The third-order valence-electron chi connectivity index (χ3n) is 5.46. The molecule has 0 bridgehead atoms. The molecule has 30 heavy (non-hydrogen) atoms. The van der Waals surface area contributed by atoms with Crippen molar-refractivity contribution in [2.24, 2.45) is 5.92 Å². The van der Waals surface area contributed by atoms with Gasteiger partial charge in [0.05, 0.1) is 12.5 Å². The standard InChI is InChI=1S/C24H29N3O3/c1-2-26(17-20-11-7-4-8-12-20)23(29)16-25-24(30)21-15-22(28)27(18-21)14-13-19-9-5-3-6-10-19/h3-12,21H,2,13-18H2,1H3,(H,25,30). The number of nitrogens with zero attached hydrogens (tertiary/aromatic N) is 2. The van der Waals surface area contributed by atoms with Crippen LogP contribution in [-0.4, -0.2) is 53.7 Å². The Morgan fingerprint density at radius 2 is 1.67 bits per heavy atom. The van der Waals surface area contributed by atoms with Crippen LogP contribution < -0.4 is 5.32 Å². The summed E-state index contributed by atoms with van der Waals surface area (Å²) in [5.74, 6) is -0.753. The Labute approximate surface area is 177 Å². The van der Waals surface area contributed by atoms with Crippen LogP contribution in [-0.2, 0) is 27.3 Å². The average Bonchev–Trinajstić information content (AvgIpc) is 3.16. The highest BCUT2D eigenvalue weighted by Gasteiger charge is 2.34. The number of nitrogens with one attached hydrogen (secondary N) is 1. The third kappa shape index (κ3) is 5.92. The topological polar surface area (TPSA) is 69.7 Å². The van der Waals surface area contributed by atoms with Gasteiger partial charge in [-0.3, -0.25) is 14.4 Å². The van der Waals surface area contributed by atoms with Gasteiger partial charge >= 0.3 is 0 Å². The molecular weight excluding hydrogens is 378 g/mol. The lowest BCUT2D eigenvalue weighted by molar-refractivity contribution is -0.134. The van der Waals surface area contributed by atoms with Crippen LogP contribution in [0.25, 0.3) is 0 Å². The largest absolute Gasteiger partial charge is 0.347 e. The maximum Gasteiger partial charge on any atom is 0.242 e. The first kappa shape index (κ1) is 21.6. The minimum Gasteiger partial charge on any atom is -0.347 e. The van der Waals surface area contributed by atoms with Gasteiger partial charge in [0.25, 0.3) is 0 Å². The molecule has 6 heteroatoms. The van der Waals surface area contributed by atoms with Gasteiger partial charge in [-0.25, -0.2) is 0 Å². The second kappa shape index (κ2) is 10.6. The number of carbonyl (C=O) groups is 3. The van der Waals surface area contributed by atoms with Crippen molar-refractivity contribution in [3.8, 4) is 0 Å². The number of hydrogen-bond acceptors (Lipinski definition) is 3. The van der Waals surface area contributed by atoms with E-state index in [2.05, 4.69) is 5.32 Å². The van der Waals surface area contributed by atoms with Crippen molar-refractivity contribution in [2.45, 2.75) is 26.3 Å². The molecule has 1 aliphatic heterocycles. The predicted molar refractivity (Wildman–Crippen MR) is 115 cm³/mol. The van der Waals surface area contributed by atoms with Crippen LogP contribution in [0.2, 0.25) is 0 Å². The first-order chi connectivity index (χ1) is 14.6. The molecular formula is C24H29N3O3. The van der Waals surface area contributed by atoms with E-state index in [9.17, 15) is 14.4 Å². The second-order valence-electron chi connectivity index (χ2n) is 7.59. The zero-order valence-electron chi connectivity index (χ0n) is 17.4. The van der Waals surface area contributed by atoms with Crippen LogP contribution in [0.4, 0.5) is 0 Å². The van der Waals surface area contributed by atoms with E-state index in [0.29, 0.717) is 26.2 Å². The van der Waals surface area contributed by atoms with E-state index in [1.165, 1.54) is 5.56 Å². The molecule has 1 heterocycles. The maximum atomic E-state index is 12.5. The highest BCUT2D eigenvalue weighted by molar-refractivity contribution is 5.91. The van der Waals surface area contributed by atoms with Gasteiger partial charge in [0, 0.05) is 32.6 Å². The molecule has 1 fully saturated rings. The number of amides is 3. The molecule has 0 spiro atoms. The van der Waals surface area contributed by atoms with Gasteiger partial charge in [0.15, 0.2) is 0 Å². The summed E-state index contributed by atoms with van der Waals surface area (Å²) in [5.41, 5.74) is 2.22. The lowest BCUT2D eigenvalue weighted by Gasteiger charge is -2.22. The van der Waals surface area contributed by atoms with Crippen LogP contribution in [0.3, 0.4) is 0 Å². The summed E-state index contributed by atoms with van der Waals surface area (Å²) < 4.78 is 0. The minimum absolute atomic E-state index is 0.00308. The summed E-state index contributed by atoms with van der Waals surface area (Å²) in [7, 11) is 0. The zero-order chi connectivity index (χ0) is 21.3. The minimum atomic E-state index is -0.398. The summed E-state index contributed by atoms with van der Waals surface area (Å²) in [6.07, 6.45) is 0.973. The molecule has 2 aromatic rings. The lowest BCUT2D eigenvalue weighted by Crippen LogP contribution is -2.42. The second-order valence-corrected chi connectivity index (χ2v) is 7.59. The summed E-state index contributed by atoms with van der Waals surface area (Å²) in [4.78, 5) is 40.8. The van der Waals surface area contributed by atoms with Crippen LogP contribution in [0.1, 0.15) is 24.5 Å². The van der Waals surface area contributed by atoms with E-state index < -0.39 is 5.92 Å². The van der Waals surface area contributed by atoms with E-state index in [4.69, 9.17) is 0 Å². The summed E-state index contributed by atoms with van der Waals surface area (Å²) in [6, 6.07) is 19.8. The van der Waals surface area contributed by atoms with Crippen LogP contribution in [0.5, 0.6) is 0 Å². The fraction of sp³-hybridized carbons (Fsp3) is 0.375. The highest BCUT2D eigenvalue weighted by atomic mass is 16.2. The quantitative estimate of drug-likeness (QED) is 0.693. The molecule has 3 amide bonds. The first-order valence-electron chi connectivity index (χ1n) is 10.5. The molecule has 0 aromatic heterocycles. The fourth-order valence-corrected chi connectivity index (χ4v) is 3.67. The number of carbonyl (C=O) groups excluding carboxylic acids is 3. The smallest absolute Gasteiger partial charge is 0.242 e. The summed E-state index contributed by atoms with van der Waals surface area (Å²) >= 11 is 0. The molecule has 0 aliphatic carbocycles.